The van der Waals surface area contributed by atoms with Gasteiger partial charge in [-0.05, 0) is 0 Å². The van der Waals surface area contributed by atoms with Crippen molar-refractivity contribution in [2.45, 2.75) is 12.8 Å². The zero-order valence-electron chi connectivity index (χ0n) is 6.54. The highest BCUT2D eigenvalue weighted by Crippen LogP contribution is 1.87. The Hall–Kier alpha value is -0.240. The van der Waals surface area contributed by atoms with Gasteiger partial charge in [-0.2, -0.15) is 0 Å². The molecule has 1 aliphatic rings. The van der Waals surface area contributed by atoms with Gasteiger partial charge in [-0.1, -0.05) is 0 Å². The summed E-state index contributed by atoms with van der Waals surface area (Å²) in [6.07, 6.45) is 1.89. The van der Waals surface area contributed by atoms with E-state index < -0.39 is 10.2 Å². The van der Waals surface area contributed by atoms with Crippen molar-refractivity contribution < 1.29 is 38.6 Å². The molecule has 72 valence electrons. The molecule has 0 aromatic carbocycles. The summed E-state index contributed by atoms with van der Waals surface area (Å²) in [6, 6.07) is 0. The number of nitrogens with one attached hydrogen (secondary N) is 1. The van der Waals surface area contributed by atoms with Crippen molar-refractivity contribution in [1.29, 1.82) is 0 Å². The quantitative estimate of drug-likeness (QED) is 0.417. The lowest BCUT2D eigenvalue weighted by atomic mass is 10.4. The molecule has 0 aromatic heterocycles. The lowest BCUT2D eigenvalue weighted by molar-refractivity contribution is -2.00. The van der Waals surface area contributed by atoms with Crippen molar-refractivity contribution in [2.75, 3.05) is 13.6 Å². The van der Waals surface area contributed by atoms with E-state index in [0.717, 1.165) is 24.3 Å². The number of halogens is 1. The van der Waals surface area contributed by atoms with Gasteiger partial charge in [0.2, 0.25) is 0 Å². The van der Waals surface area contributed by atoms with Crippen molar-refractivity contribution in [3.05, 3.63) is 0 Å². The van der Waals surface area contributed by atoms with Gasteiger partial charge in [0, 0.05) is 6.42 Å². The second-order valence-electron chi connectivity index (χ2n) is 2.44. The van der Waals surface area contributed by atoms with Crippen LogP contribution in [0.3, 0.4) is 0 Å². The van der Waals surface area contributed by atoms with Crippen molar-refractivity contribution in [3.8, 4) is 0 Å². The Kier molecular flexibility index (Phi) is 4.61. The summed E-state index contributed by atoms with van der Waals surface area (Å²) in [5.41, 5.74) is 0. The third kappa shape index (κ3) is 7.86. The van der Waals surface area contributed by atoms with E-state index in [0.29, 0.717) is 5.91 Å². The first-order chi connectivity index (χ1) is 5.30. The maximum absolute atomic E-state index is 10.5. The van der Waals surface area contributed by atoms with E-state index in [1.54, 1.807) is 0 Å². The standard InChI is InChI=1S/C5H9NO.ClHO4/c1-6-4-2-3-5(6)7;2-1(3,4)5/h2-4H2,1H3;(H,2,3,4,5). The van der Waals surface area contributed by atoms with Gasteiger partial charge in [-0.15, -0.1) is 10.2 Å². The van der Waals surface area contributed by atoms with E-state index in [2.05, 4.69) is 0 Å². The normalized spacial score (nSPS) is 23.4. The molecule has 1 N–H and O–H groups in total. The highest BCUT2D eigenvalue weighted by Gasteiger charge is 2.20. The molecule has 1 heterocycles. The van der Waals surface area contributed by atoms with Gasteiger partial charge < -0.3 is 0 Å². The van der Waals surface area contributed by atoms with Crippen molar-refractivity contribution in [3.63, 3.8) is 0 Å². The maximum atomic E-state index is 10.5. The molecular weight excluding hydrogens is 190 g/mol. The van der Waals surface area contributed by atoms with Crippen molar-refractivity contribution >= 4 is 5.91 Å². The van der Waals surface area contributed by atoms with Crippen LogP contribution in [0.2, 0.25) is 0 Å². The summed E-state index contributed by atoms with van der Waals surface area (Å²) >= 11 is 0. The molecule has 1 amide bonds. The van der Waals surface area contributed by atoms with Crippen molar-refractivity contribution in [1.82, 2.24) is 0 Å². The molecule has 1 saturated heterocycles. The summed E-state index contributed by atoms with van der Waals surface area (Å²) in [5, 5.41) is 0. The number of hydrogen-bond acceptors (Lipinski definition) is 5. The van der Waals surface area contributed by atoms with Gasteiger partial charge in [-0.25, -0.2) is 23.4 Å². The van der Waals surface area contributed by atoms with Crippen LogP contribution in [-0.2, 0) is 4.79 Å². The molecule has 1 fully saturated rings. The van der Waals surface area contributed by atoms with Gasteiger partial charge in [0.25, 0.3) is 0 Å². The number of carbonyl (C=O) groups is 1. The fourth-order valence-corrected chi connectivity index (χ4v) is 0.867. The molecule has 1 unspecified atom stereocenters. The summed E-state index contributed by atoms with van der Waals surface area (Å²) in [6.45, 7) is 1.04. The summed E-state index contributed by atoms with van der Waals surface area (Å²) < 4.78 is 34.0. The third-order valence-electron chi connectivity index (χ3n) is 1.43. The maximum Gasteiger partial charge on any atom is 0.312 e. The molecule has 7 heteroatoms. The summed E-state index contributed by atoms with van der Waals surface area (Å²) in [5.74, 6) is 0.375. The van der Waals surface area contributed by atoms with E-state index in [1.807, 2.05) is 7.05 Å². The lowest BCUT2D eigenvalue weighted by Crippen LogP contribution is -3.09. The van der Waals surface area contributed by atoms with Gasteiger partial charge >= 0.3 is 5.91 Å². The van der Waals surface area contributed by atoms with Crippen LogP contribution in [0.25, 0.3) is 0 Å². The Balaban J connectivity index is 0.000000217. The molecule has 1 rings (SSSR count). The molecule has 0 radical (unpaired) electrons. The Labute approximate surface area is 71.8 Å². The van der Waals surface area contributed by atoms with Crippen LogP contribution >= 0.6 is 0 Å². The molecule has 1 aliphatic heterocycles. The molecule has 6 nitrogen and oxygen atoms in total. The monoisotopic (exact) mass is 199 g/mol. The second kappa shape index (κ2) is 4.70. The van der Waals surface area contributed by atoms with Gasteiger partial charge in [0.15, 0.2) is 0 Å². The topological polar surface area (TPSA) is 114 Å². The van der Waals surface area contributed by atoms with Gasteiger partial charge in [0.1, 0.15) is 0 Å². The van der Waals surface area contributed by atoms with Crippen LogP contribution in [0.15, 0.2) is 0 Å². The average Bonchev–Trinajstić information content (AvgIpc) is 2.12. The smallest absolute Gasteiger partial charge is 0.274 e. The van der Waals surface area contributed by atoms with Crippen LogP contribution < -0.4 is 23.5 Å². The molecule has 12 heavy (non-hydrogen) atoms. The minimum absolute atomic E-state index is 0.375. The van der Waals surface area contributed by atoms with Crippen LogP contribution in [0.5, 0.6) is 0 Å². The zero-order chi connectivity index (χ0) is 9.78. The average molecular weight is 200 g/mol. The van der Waals surface area contributed by atoms with E-state index in [4.69, 9.17) is 18.6 Å². The number of quaternary nitrogens is 1. The predicted molar refractivity (Wildman–Crippen MR) is 26.0 cm³/mol. The van der Waals surface area contributed by atoms with E-state index in [1.165, 1.54) is 0 Å². The minimum atomic E-state index is -4.94. The van der Waals surface area contributed by atoms with E-state index in [-0.39, 0.29) is 0 Å². The fraction of sp³-hybridized carbons (Fsp3) is 0.800. The number of rotatable bonds is 0. The molecule has 0 aromatic rings. The number of likely N-dealkylation sites (tertiary alicyclic amines) is 1. The van der Waals surface area contributed by atoms with Gasteiger partial charge in [0.05, 0.1) is 20.0 Å². The van der Waals surface area contributed by atoms with Crippen LogP contribution in [0.1, 0.15) is 12.8 Å². The van der Waals surface area contributed by atoms with E-state index in [9.17, 15) is 4.79 Å². The fourth-order valence-electron chi connectivity index (χ4n) is 0.867. The van der Waals surface area contributed by atoms with Crippen LogP contribution in [-0.4, -0.2) is 19.5 Å². The Morgan fingerprint density at radius 1 is 1.33 bits per heavy atom. The van der Waals surface area contributed by atoms with Crippen molar-refractivity contribution in [2.24, 2.45) is 0 Å². The van der Waals surface area contributed by atoms with Gasteiger partial charge in [-0.3, -0.25) is 4.90 Å². The minimum Gasteiger partial charge on any atom is -0.274 e. The molecule has 0 bridgehead atoms. The second-order valence-corrected chi connectivity index (χ2v) is 3.19. The summed E-state index contributed by atoms with van der Waals surface area (Å²) in [7, 11) is -3.02. The first-order valence-corrected chi connectivity index (χ1v) is 4.51. The Bertz CT molecular complexity index is 150. The zero-order valence-corrected chi connectivity index (χ0v) is 7.30. The Morgan fingerprint density at radius 3 is 1.83 bits per heavy atom. The molecule has 0 saturated carbocycles. The lowest BCUT2D eigenvalue weighted by Gasteiger charge is -2.17. The summed E-state index contributed by atoms with van der Waals surface area (Å²) in [4.78, 5) is 11.6. The number of carbonyl (C=O) groups excluding carboxylic acids is 1. The highest BCUT2D eigenvalue weighted by molar-refractivity contribution is 5.67. The number of hydrogen-bond donors (Lipinski definition) is 1. The molecular formula is C5H10ClNO5. The first kappa shape index (κ1) is 11.8. The van der Waals surface area contributed by atoms with E-state index >= 15 is 0 Å². The largest absolute Gasteiger partial charge is 0.312 e. The molecule has 1 atom stereocenters. The number of amides is 1. The third-order valence-corrected chi connectivity index (χ3v) is 1.43. The predicted octanol–water partition coefficient (Wildman–Crippen LogP) is -5.93. The van der Waals surface area contributed by atoms with Crippen LogP contribution in [0, 0.1) is 10.2 Å². The highest BCUT2D eigenvalue weighted by atomic mass is 35.7. The molecule has 0 aliphatic carbocycles. The SMILES string of the molecule is C[NH+]1CCCC1=O.[O-][Cl+3]([O-])([O-])[O-]. The Morgan fingerprint density at radius 2 is 1.75 bits per heavy atom. The van der Waals surface area contributed by atoms with Crippen LogP contribution in [0.4, 0.5) is 0 Å². The molecule has 0 spiro atoms. The first-order valence-electron chi connectivity index (χ1n) is 3.28.